The highest BCUT2D eigenvalue weighted by atomic mass is 32.1. The van der Waals surface area contributed by atoms with Crippen LogP contribution in [-0.4, -0.2) is 31.0 Å². The number of aromatic nitrogens is 5. The first-order chi connectivity index (χ1) is 15.6. The van der Waals surface area contributed by atoms with E-state index < -0.39 is 0 Å². The Morgan fingerprint density at radius 2 is 1.91 bits per heavy atom. The summed E-state index contributed by atoms with van der Waals surface area (Å²) >= 11 is 3.36. The molecule has 1 aliphatic carbocycles. The van der Waals surface area contributed by atoms with Gasteiger partial charge in [0.1, 0.15) is 10.5 Å². The number of nitrogens with one attached hydrogen (secondary N) is 1. The van der Waals surface area contributed by atoms with Gasteiger partial charge in [-0.3, -0.25) is 4.98 Å². The van der Waals surface area contributed by atoms with Crippen LogP contribution >= 0.6 is 22.7 Å². The molecule has 0 saturated heterocycles. The number of anilines is 1. The van der Waals surface area contributed by atoms with E-state index in [2.05, 4.69) is 65.3 Å². The second-order valence-electron chi connectivity index (χ2n) is 8.62. The van der Waals surface area contributed by atoms with Crippen LogP contribution in [0.5, 0.6) is 0 Å². The molecule has 1 aliphatic rings. The summed E-state index contributed by atoms with van der Waals surface area (Å²) in [5.41, 5.74) is 4.86. The third-order valence-corrected chi connectivity index (χ3v) is 7.42. The van der Waals surface area contributed by atoms with E-state index in [1.807, 2.05) is 17.9 Å². The summed E-state index contributed by atoms with van der Waals surface area (Å²) in [6, 6.07) is 3.00. The van der Waals surface area contributed by atoms with Crippen LogP contribution in [0.4, 0.5) is 5.69 Å². The monoisotopic (exact) mass is 468 g/mol. The van der Waals surface area contributed by atoms with Gasteiger partial charge in [0.25, 0.3) is 0 Å². The van der Waals surface area contributed by atoms with E-state index in [0.717, 1.165) is 27.2 Å². The molecule has 4 aromatic heterocycles. The van der Waals surface area contributed by atoms with Gasteiger partial charge in [0.15, 0.2) is 0 Å². The summed E-state index contributed by atoms with van der Waals surface area (Å²) < 4.78 is 2.06. The summed E-state index contributed by atoms with van der Waals surface area (Å²) in [5.74, 6) is 0. The fourth-order valence-corrected chi connectivity index (χ4v) is 5.73. The number of rotatable bonds is 5. The van der Waals surface area contributed by atoms with Crippen LogP contribution in [0.25, 0.3) is 31.2 Å². The van der Waals surface area contributed by atoms with E-state index in [1.165, 1.54) is 48.3 Å². The van der Waals surface area contributed by atoms with Crippen LogP contribution in [0, 0.1) is 0 Å². The minimum absolute atomic E-state index is 0.305. The lowest BCUT2D eigenvalue weighted by Crippen LogP contribution is -2.13. The smallest absolute Gasteiger partial charge is 0.125 e. The second-order valence-corrected chi connectivity index (χ2v) is 10.5. The van der Waals surface area contributed by atoms with Crippen molar-refractivity contribution >= 4 is 38.6 Å². The van der Waals surface area contributed by atoms with Crippen molar-refractivity contribution in [2.45, 2.75) is 78.3 Å². The van der Waals surface area contributed by atoms with Gasteiger partial charge < -0.3 is 5.32 Å². The summed E-state index contributed by atoms with van der Waals surface area (Å²) in [5, 5.41) is 13.8. The molecule has 8 heteroatoms. The van der Waals surface area contributed by atoms with Gasteiger partial charge in [0.2, 0.25) is 0 Å². The van der Waals surface area contributed by atoms with Gasteiger partial charge in [-0.1, -0.05) is 44.7 Å². The molecule has 0 atom stereocenters. The van der Waals surface area contributed by atoms with E-state index in [0.29, 0.717) is 12.1 Å². The van der Waals surface area contributed by atoms with Crippen molar-refractivity contribution in [3.63, 3.8) is 0 Å². The number of pyridine rings is 1. The number of nitrogens with zero attached hydrogens (tertiary/aromatic N) is 5. The van der Waals surface area contributed by atoms with Gasteiger partial charge in [0, 0.05) is 34.3 Å². The molecule has 170 valence electrons. The normalized spacial score (nSPS) is 14.5. The number of hydrogen-bond acceptors (Lipinski definition) is 7. The Labute approximate surface area is 198 Å². The lowest BCUT2D eigenvalue weighted by atomic mass is 9.96. The largest absolute Gasteiger partial charge is 0.382 e. The third-order valence-electron chi connectivity index (χ3n) is 5.41. The summed E-state index contributed by atoms with van der Waals surface area (Å²) in [4.78, 5) is 12.4. The maximum Gasteiger partial charge on any atom is 0.125 e. The Hall–Kier alpha value is -2.32. The molecule has 6 nitrogen and oxygen atoms in total. The maximum absolute atomic E-state index is 4.76. The first kappa shape index (κ1) is 22.9. The Kier molecular flexibility index (Phi) is 7.52. The SMILES string of the molecule is CC(C)Nc1c(-c2cn(C3CCCCC3)nn2)cnc2sc(-c3cncs3)cc12.CCC. The van der Waals surface area contributed by atoms with Crippen LogP contribution in [0.2, 0.25) is 0 Å². The van der Waals surface area contributed by atoms with Crippen LogP contribution in [0.1, 0.15) is 72.3 Å². The van der Waals surface area contributed by atoms with Gasteiger partial charge in [-0.2, -0.15) is 0 Å². The van der Waals surface area contributed by atoms with Crippen molar-refractivity contribution in [1.82, 2.24) is 25.0 Å². The quantitative estimate of drug-likeness (QED) is 0.330. The number of thiazole rings is 1. The average molecular weight is 469 g/mol. The topological polar surface area (TPSA) is 68.5 Å². The van der Waals surface area contributed by atoms with Crippen molar-refractivity contribution in [3.05, 3.63) is 30.2 Å². The second kappa shape index (κ2) is 10.5. The summed E-state index contributed by atoms with van der Waals surface area (Å²) in [7, 11) is 0. The van der Waals surface area contributed by atoms with Crippen LogP contribution in [-0.2, 0) is 0 Å². The van der Waals surface area contributed by atoms with Gasteiger partial charge in [0.05, 0.1) is 28.3 Å². The zero-order chi connectivity index (χ0) is 22.5. The van der Waals surface area contributed by atoms with E-state index in [9.17, 15) is 0 Å². The van der Waals surface area contributed by atoms with Gasteiger partial charge in [-0.05, 0) is 32.8 Å². The molecule has 4 heterocycles. The number of hydrogen-bond donors (Lipinski definition) is 1. The molecule has 0 aromatic carbocycles. The predicted octanol–water partition coefficient (Wildman–Crippen LogP) is 7.42. The van der Waals surface area contributed by atoms with Gasteiger partial charge >= 0.3 is 0 Å². The molecule has 1 N–H and O–H groups in total. The molecule has 32 heavy (non-hydrogen) atoms. The summed E-state index contributed by atoms with van der Waals surface area (Å²) in [6.45, 7) is 8.57. The minimum atomic E-state index is 0.305. The molecule has 0 spiro atoms. The van der Waals surface area contributed by atoms with Crippen LogP contribution < -0.4 is 5.32 Å². The average Bonchev–Trinajstić information content (AvgIpc) is 3.54. The highest BCUT2D eigenvalue weighted by Crippen LogP contribution is 2.41. The molecule has 0 amide bonds. The highest BCUT2D eigenvalue weighted by Gasteiger charge is 2.20. The van der Waals surface area contributed by atoms with Crippen molar-refractivity contribution in [3.8, 4) is 21.0 Å². The third kappa shape index (κ3) is 5.02. The molecular weight excluding hydrogens is 436 g/mol. The summed E-state index contributed by atoms with van der Waals surface area (Å²) in [6.07, 6.45) is 13.5. The van der Waals surface area contributed by atoms with Crippen molar-refractivity contribution in [2.75, 3.05) is 5.32 Å². The van der Waals surface area contributed by atoms with Gasteiger partial charge in [-0.25, -0.2) is 9.67 Å². The zero-order valence-corrected chi connectivity index (χ0v) is 21.0. The van der Waals surface area contributed by atoms with Crippen LogP contribution in [0.3, 0.4) is 0 Å². The van der Waals surface area contributed by atoms with E-state index in [4.69, 9.17) is 4.98 Å². The first-order valence-corrected chi connectivity index (χ1v) is 13.3. The van der Waals surface area contributed by atoms with Crippen LogP contribution in [0.15, 0.2) is 30.2 Å². The molecule has 1 saturated carbocycles. The van der Waals surface area contributed by atoms with Crippen molar-refractivity contribution < 1.29 is 0 Å². The molecule has 0 unspecified atom stereocenters. The molecular formula is C24H32N6S2. The lowest BCUT2D eigenvalue weighted by Gasteiger charge is -2.21. The van der Waals surface area contributed by atoms with Crippen molar-refractivity contribution in [1.29, 1.82) is 0 Å². The number of thiophene rings is 1. The first-order valence-electron chi connectivity index (χ1n) is 11.6. The molecule has 0 aliphatic heterocycles. The Bertz CT molecular complexity index is 1120. The Morgan fingerprint density at radius 1 is 1.12 bits per heavy atom. The zero-order valence-electron chi connectivity index (χ0n) is 19.3. The molecule has 5 rings (SSSR count). The standard InChI is InChI=1S/C21H24N6S2.C3H8/c1-13(2)24-20-15-8-18(19-10-22-12-28-19)29-21(15)23-9-16(20)17-11-27(26-25-17)14-6-4-3-5-7-14;1-3-2/h8-14H,3-7H2,1-2H3,(H,23,24);3H2,1-2H3. The van der Waals surface area contributed by atoms with E-state index >= 15 is 0 Å². The maximum atomic E-state index is 4.76. The van der Waals surface area contributed by atoms with Crippen molar-refractivity contribution in [2.24, 2.45) is 0 Å². The number of fused-ring (bicyclic) bond motifs is 1. The van der Waals surface area contributed by atoms with Gasteiger partial charge in [-0.15, -0.1) is 27.8 Å². The fourth-order valence-electron chi connectivity index (χ4n) is 4.01. The molecule has 1 fully saturated rings. The lowest BCUT2D eigenvalue weighted by molar-refractivity contribution is 0.324. The van der Waals surface area contributed by atoms with E-state index in [1.54, 1.807) is 22.7 Å². The highest BCUT2D eigenvalue weighted by molar-refractivity contribution is 7.25. The Morgan fingerprint density at radius 3 is 2.59 bits per heavy atom. The molecule has 0 radical (unpaired) electrons. The van der Waals surface area contributed by atoms with E-state index in [-0.39, 0.29) is 0 Å². The fraction of sp³-hybridized carbons (Fsp3) is 0.500. The Balaban J connectivity index is 0.000000775. The minimum Gasteiger partial charge on any atom is -0.382 e. The molecule has 4 aromatic rings. The molecule has 0 bridgehead atoms. The predicted molar refractivity (Wildman–Crippen MR) is 137 cm³/mol.